The number of amides is 2. The first-order valence-corrected chi connectivity index (χ1v) is 7.63. The van der Waals surface area contributed by atoms with Gasteiger partial charge in [-0.05, 0) is 48.4 Å². The van der Waals surface area contributed by atoms with Gasteiger partial charge < -0.3 is 15.2 Å². The fourth-order valence-corrected chi connectivity index (χ4v) is 2.36. The molecule has 0 aliphatic heterocycles. The number of hydrogen-bond acceptors (Lipinski definition) is 1. The summed E-state index contributed by atoms with van der Waals surface area (Å²) in [6.45, 7) is 0.608. The van der Waals surface area contributed by atoms with Gasteiger partial charge in [-0.15, -0.1) is 0 Å². The van der Waals surface area contributed by atoms with Crippen LogP contribution in [0.2, 0.25) is 0 Å². The third kappa shape index (κ3) is 4.23. The Morgan fingerprint density at radius 3 is 2.26 bits per heavy atom. The van der Waals surface area contributed by atoms with Gasteiger partial charge in [-0.3, -0.25) is 0 Å². The zero-order chi connectivity index (χ0) is 15.9. The van der Waals surface area contributed by atoms with Crippen molar-refractivity contribution in [3.8, 4) is 5.69 Å². The topological polar surface area (TPSA) is 46.1 Å². The zero-order valence-electron chi connectivity index (χ0n) is 12.8. The van der Waals surface area contributed by atoms with E-state index < -0.39 is 0 Å². The molecule has 4 nitrogen and oxygen atoms in total. The Balaban J connectivity index is 1.48. The summed E-state index contributed by atoms with van der Waals surface area (Å²) in [7, 11) is 0. The maximum absolute atomic E-state index is 11.9. The highest BCUT2D eigenvalue weighted by atomic mass is 16.2. The average molecular weight is 305 g/mol. The van der Waals surface area contributed by atoms with Crippen LogP contribution in [-0.2, 0) is 6.42 Å². The molecule has 4 heteroatoms. The van der Waals surface area contributed by atoms with Crippen molar-refractivity contribution in [1.29, 1.82) is 0 Å². The van der Waals surface area contributed by atoms with E-state index in [0.29, 0.717) is 6.54 Å². The number of anilines is 1. The summed E-state index contributed by atoms with van der Waals surface area (Å²) in [6.07, 6.45) is 4.79. The van der Waals surface area contributed by atoms with Crippen molar-refractivity contribution in [3.05, 3.63) is 84.7 Å². The SMILES string of the molecule is O=C(NCCc1ccccc1)Nc1ccc(-n2cccc2)cc1. The number of benzene rings is 2. The molecule has 0 aliphatic rings. The van der Waals surface area contributed by atoms with Crippen LogP contribution >= 0.6 is 0 Å². The van der Waals surface area contributed by atoms with Crippen molar-refractivity contribution in [2.75, 3.05) is 11.9 Å². The van der Waals surface area contributed by atoms with Crippen LogP contribution in [0.15, 0.2) is 79.1 Å². The van der Waals surface area contributed by atoms with Crippen molar-refractivity contribution in [2.45, 2.75) is 6.42 Å². The number of aromatic nitrogens is 1. The first-order valence-electron chi connectivity index (χ1n) is 7.63. The van der Waals surface area contributed by atoms with Gasteiger partial charge in [-0.2, -0.15) is 0 Å². The smallest absolute Gasteiger partial charge is 0.319 e. The second-order valence-electron chi connectivity index (χ2n) is 5.25. The van der Waals surface area contributed by atoms with E-state index in [1.807, 2.05) is 71.6 Å². The largest absolute Gasteiger partial charge is 0.338 e. The summed E-state index contributed by atoms with van der Waals surface area (Å²) in [5, 5.41) is 5.71. The molecular formula is C19H19N3O. The van der Waals surface area contributed by atoms with E-state index in [2.05, 4.69) is 22.8 Å². The Kier molecular flexibility index (Phi) is 4.74. The lowest BCUT2D eigenvalue weighted by Gasteiger charge is -2.09. The normalized spacial score (nSPS) is 10.3. The number of rotatable bonds is 5. The number of carbonyl (C=O) groups excluding carboxylic acids is 1. The highest BCUT2D eigenvalue weighted by Crippen LogP contribution is 2.13. The molecule has 0 spiro atoms. The van der Waals surface area contributed by atoms with Crippen molar-refractivity contribution >= 4 is 11.7 Å². The van der Waals surface area contributed by atoms with Crippen LogP contribution in [0.1, 0.15) is 5.56 Å². The van der Waals surface area contributed by atoms with Gasteiger partial charge in [0.15, 0.2) is 0 Å². The molecule has 0 unspecified atom stereocenters. The Labute approximate surface area is 135 Å². The van der Waals surface area contributed by atoms with E-state index in [-0.39, 0.29) is 6.03 Å². The zero-order valence-corrected chi connectivity index (χ0v) is 12.8. The minimum absolute atomic E-state index is 0.186. The molecule has 1 heterocycles. The van der Waals surface area contributed by atoms with Gasteiger partial charge in [0.1, 0.15) is 0 Å². The molecule has 0 saturated heterocycles. The van der Waals surface area contributed by atoms with Crippen molar-refractivity contribution in [3.63, 3.8) is 0 Å². The Morgan fingerprint density at radius 1 is 0.870 bits per heavy atom. The van der Waals surface area contributed by atoms with E-state index in [4.69, 9.17) is 0 Å². The predicted octanol–water partition coefficient (Wildman–Crippen LogP) is 3.84. The van der Waals surface area contributed by atoms with Crippen LogP contribution in [0, 0.1) is 0 Å². The van der Waals surface area contributed by atoms with E-state index in [0.717, 1.165) is 17.8 Å². The van der Waals surface area contributed by atoms with Gasteiger partial charge in [0.2, 0.25) is 0 Å². The molecule has 0 saturated carbocycles. The molecule has 2 aromatic carbocycles. The molecule has 1 aromatic heterocycles. The van der Waals surface area contributed by atoms with Crippen LogP contribution in [0.3, 0.4) is 0 Å². The standard InChI is InChI=1S/C19H19N3O/c23-19(20-13-12-16-6-2-1-3-7-16)21-17-8-10-18(11-9-17)22-14-4-5-15-22/h1-11,14-15H,12-13H2,(H2,20,21,23). The monoisotopic (exact) mass is 305 g/mol. The Morgan fingerprint density at radius 2 is 1.57 bits per heavy atom. The van der Waals surface area contributed by atoms with Gasteiger partial charge in [0, 0.05) is 30.3 Å². The Hall–Kier alpha value is -3.01. The minimum atomic E-state index is -0.186. The second kappa shape index (κ2) is 7.31. The molecule has 0 atom stereocenters. The van der Waals surface area contributed by atoms with Gasteiger partial charge in [-0.25, -0.2) is 4.79 Å². The van der Waals surface area contributed by atoms with Gasteiger partial charge in [0.05, 0.1) is 0 Å². The summed E-state index contributed by atoms with van der Waals surface area (Å²) in [4.78, 5) is 11.9. The van der Waals surface area contributed by atoms with Gasteiger partial charge >= 0.3 is 6.03 Å². The van der Waals surface area contributed by atoms with Crippen LogP contribution in [0.25, 0.3) is 5.69 Å². The summed E-state index contributed by atoms with van der Waals surface area (Å²) in [6, 6.07) is 21.6. The maximum atomic E-state index is 11.9. The number of nitrogens with one attached hydrogen (secondary N) is 2. The highest BCUT2D eigenvalue weighted by molar-refractivity contribution is 5.89. The first-order chi connectivity index (χ1) is 11.3. The fourth-order valence-electron chi connectivity index (χ4n) is 2.36. The van der Waals surface area contributed by atoms with E-state index >= 15 is 0 Å². The Bertz CT molecular complexity index is 734. The summed E-state index contributed by atoms with van der Waals surface area (Å²) >= 11 is 0. The van der Waals surface area contributed by atoms with Crippen LogP contribution < -0.4 is 10.6 Å². The number of hydrogen-bond donors (Lipinski definition) is 2. The molecule has 0 fully saturated rings. The third-order valence-corrected chi connectivity index (χ3v) is 3.57. The van der Waals surface area contributed by atoms with Crippen LogP contribution in [0.5, 0.6) is 0 Å². The quantitative estimate of drug-likeness (QED) is 0.739. The molecule has 0 aliphatic carbocycles. The minimum Gasteiger partial charge on any atom is -0.338 e. The van der Waals surface area contributed by atoms with Crippen LogP contribution in [-0.4, -0.2) is 17.1 Å². The molecule has 116 valence electrons. The van der Waals surface area contributed by atoms with Crippen LogP contribution in [0.4, 0.5) is 10.5 Å². The number of carbonyl (C=O) groups is 1. The lowest BCUT2D eigenvalue weighted by atomic mass is 10.1. The third-order valence-electron chi connectivity index (χ3n) is 3.57. The number of nitrogens with zero attached hydrogens (tertiary/aromatic N) is 1. The number of urea groups is 1. The lowest BCUT2D eigenvalue weighted by molar-refractivity contribution is 0.252. The van der Waals surface area contributed by atoms with Gasteiger partial charge in [-0.1, -0.05) is 30.3 Å². The molecule has 2 N–H and O–H groups in total. The molecule has 3 aromatic rings. The van der Waals surface area contributed by atoms with Crippen molar-refractivity contribution in [1.82, 2.24) is 9.88 Å². The fraction of sp³-hybridized carbons (Fsp3) is 0.105. The molecule has 23 heavy (non-hydrogen) atoms. The van der Waals surface area contributed by atoms with E-state index in [1.54, 1.807) is 0 Å². The maximum Gasteiger partial charge on any atom is 0.319 e. The van der Waals surface area contributed by atoms with Crippen molar-refractivity contribution in [2.24, 2.45) is 0 Å². The van der Waals surface area contributed by atoms with Crippen molar-refractivity contribution < 1.29 is 4.79 Å². The molecular weight excluding hydrogens is 286 g/mol. The van der Waals surface area contributed by atoms with Gasteiger partial charge in [0.25, 0.3) is 0 Å². The lowest BCUT2D eigenvalue weighted by Crippen LogP contribution is -2.30. The van der Waals surface area contributed by atoms with E-state index in [9.17, 15) is 4.79 Å². The second-order valence-corrected chi connectivity index (χ2v) is 5.25. The van der Waals surface area contributed by atoms with E-state index in [1.165, 1.54) is 5.56 Å². The first kappa shape index (κ1) is 14.9. The highest BCUT2D eigenvalue weighted by Gasteiger charge is 2.02. The summed E-state index contributed by atoms with van der Waals surface area (Å²) < 4.78 is 2.02. The predicted molar refractivity (Wildman–Crippen MR) is 92.9 cm³/mol. The molecule has 0 radical (unpaired) electrons. The molecule has 0 bridgehead atoms. The molecule has 3 rings (SSSR count). The summed E-state index contributed by atoms with van der Waals surface area (Å²) in [5.74, 6) is 0. The average Bonchev–Trinajstić information content (AvgIpc) is 3.11. The molecule has 2 amide bonds. The summed E-state index contributed by atoms with van der Waals surface area (Å²) in [5.41, 5.74) is 3.05.